The third kappa shape index (κ3) is 5.36. The molecule has 0 unspecified atom stereocenters. The highest BCUT2D eigenvalue weighted by Crippen LogP contribution is 1.85. The molecule has 0 spiro atoms. The smallest absolute Gasteiger partial charge is 0.243 e. The zero-order chi connectivity index (χ0) is 9.52. The third-order valence-corrected chi connectivity index (χ3v) is 1.75. The summed E-state index contributed by atoms with van der Waals surface area (Å²) in [5.74, 6) is 0. The van der Waals surface area contributed by atoms with E-state index in [1.807, 2.05) is 30.3 Å². The van der Waals surface area contributed by atoms with Crippen molar-refractivity contribution >= 4 is 0 Å². The number of aryl methyl sites for hydroxylation is 1. The second kappa shape index (κ2) is 7.96. The minimum Gasteiger partial charge on any atom is -1.00 e. The molecule has 0 fully saturated rings. The van der Waals surface area contributed by atoms with Crippen LogP contribution in [0.3, 0.4) is 0 Å². The fourth-order valence-corrected chi connectivity index (χ4v) is 1.05. The first kappa shape index (κ1) is 13.6. The standard InChI is InChI=1S/C9H17N2O2.BrH/c1-10-3-4-11(9-10)5-6-13-8-7-12-2;/h3-4,9H,5-8H2,1-2H3;1H/q+1;/p-1. The first-order valence-electron chi connectivity index (χ1n) is 4.40. The highest BCUT2D eigenvalue weighted by Gasteiger charge is 1.98. The van der Waals surface area contributed by atoms with Gasteiger partial charge in [0, 0.05) is 7.11 Å². The largest absolute Gasteiger partial charge is 1.00 e. The zero-order valence-corrected chi connectivity index (χ0v) is 10.2. The maximum absolute atomic E-state index is 5.33. The molecular weight excluding hydrogens is 248 g/mol. The quantitative estimate of drug-likeness (QED) is 0.404. The van der Waals surface area contributed by atoms with Crippen molar-refractivity contribution in [3.63, 3.8) is 0 Å². The van der Waals surface area contributed by atoms with Crippen molar-refractivity contribution in [3.05, 3.63) is 18.7 Å². The van der Waals surface area contributed by atoms with Gasteiger partial charge in [-0.25, -0.2) is 9.13 Å². The molecule has 0 aliphatic heterocycles. The first-order chi connectivity index (χ1) is 6.33. The van der Waals surface area contributed by atoms with E-state index in [1.165, 1.54) is 0 Å². The third-order valence-electron chi connectivity index (χ3n) is 1.75. The summed E-state index contributed by atoms with van der Waals surface area (Å²) in [6.07, 6.45) is 6.06. The van der Waals surface area contributed by atoms with Crippen LogP contribution in [0.25, 0.3) is 0 Å². The van der Waals surface area contributed by atoms with Crippen LogP contribution in [0.1, 0.15) is 0 Å². The number of methoxy groups -OCH3 is 1. The Balaban J connectivity index is 0.00000169. The van der Waals surface area contributed by atoms with Crippen LogP contribution in [0, 0.1) is 0 Å². The molecule has 1 rings (SSSR count). The number of hydrogen-bond acceptors (Lipinski definition) is 2. The van der Waals surface area contributed by atoms with Gasteiger partial charge in [-0.1, -0.05) is 0 Å². The minimum absolute atomic E-state index is 0. The summed E-state index contributed by atoms with van der Waals surface area (Å²) in [7, 11) is 3.68. The maximum atomic E-state index is 5.33. The molecule has 82 valence electrons. The van der Waals surface area contributed by atoms with Gasteiger partial charge in [0.2, 0.25) is 6.33 Å². The van der Waals surface area contributed by atoms with E-state index in [1.54, 1.807) is 7.11 Å². The summed E-state index contributed by atoms with van der Waals surface area (Å²) < 4.78 is 14.3. The second-order valence-electron chi connectivity index (χ2n) is 2.92. The number of ether oxygens (including phenoxy) is 2. The van der Waals surface area contributed by atoms with Gasteiger partial charge in [-0.15, -0.1) is 0 Å². The Labute approximate surface area is 95.2 Å². The topological polar surface area (TPSA) is 27.3 Å². The summed E-state index contributed by atoms with van der Waals surface area (Å²) >= 11 is 0. The van der Waals surface area contributed by atoms with Gasteiger partial charge in [-0.2, -0.15) is 0 Å². The lowest BCUT2D eigenvalue weighted by Gasteiger charge is -2.00. The highest BCUT2D eigenvalue weighted by atomic mass is 79.9. The summed E-state index contributed by atoms with van der Waals surface area (Å²) in [6, 6.07) is 0. The molecule has 0 aliphatic carbocycles. The van der Waals surface area contributed by atoms with Crippen LogP contribution >= 0.6 is 0 Å². The fourth-order valence-electron chi connectivity index (χ4n) is 1.05. The van der Waals surface area contributed by atoms with Gasteiger partial charge in [0.05, 0.1) is 26.9 Å². The maximum Gasteiger partial charge on any atom is 0.243 e. The lowest BCUT2D eigenvalue weighted by Crippen LogP contribution is -3.00. The molecule has 14 heavy (non-hydrogen) atoms. The molecule has 0 atom stereocenters. The molecule has 5 heteroatoms. The first-order valence-corrected chi connectivity index (χ1v) is 4.40. The molecule has 1 aromatic heterocycles. The summed E-state index contributed by atoms with van der Waals surface area (Å²) in [6.45, 7) is 2.96. The van der Waals surface area contributed by atoms with Crippen LogP contribution in [-0.2, 0) is 23.1 Å². The number of imidazole rings is 1. The molecule has 0 aliphatic rings. The fraction of sp³-hybridized carbons (Fsp3) is 0.667. The molecule has 1 heterocycles. The van der Waals surface area contributed by atoms with Crippen LogP contribution in [0.2, 0.25) is 0 Å². The van der Waals surface area contributed by atoms with Crippen LogP contribution in [0.4, 0.5) is 0 Å². The van der Waals surface area contributed by atoms with E-state index in [4.69, 9.17) is 9.47 Å². The van der Waals surface area contributed by atoms with Crippen molar-refractivity contribution in [2.75, 3.05) is 26.9 Å². The molecule has 4 nitrogen and oxygen atoms in total. The Morgan fingerprint density at radius 3 is 2.64 bits per heavy atom. The molecule has 0 amide bonds. The Morgan fingerprint density at radius 1 is 1.29 bits per heavy atom. The van der Waals surface area contributed by atoms with Crippen molar-refractivity contribution in [1.29, 1.82) is 0 Å². The molecule has 0 N–H and O–H groups in total. The summed E-state index contributed by atoms with van der Waals surface area (Å²) in [5.41, 5.74) is 0. The SMILES string of the molecule is COCCOCCn1cc[n+](C)c1.[Br-]. The second-order valence-corrected chi connectivity index (χ2v) is 2.92. The van der Waals surface area contributed by atoms with E-state index in [0.29, 0.717) is 13.2 Å². The summed E-state index contributed by atoms with van der Waals surface area (Å²) in [5, 5.41) is 0. The van der Waals surface area contributed by atoms with Crippen molar-refractivity contribution in [2.24, 2.45) is 7.05 Å². The number of hydrogen-bond donors (Lipinski definition) is 0. The number of rotatable bonds is 6. The van der Waals surface area contributed by atoms with Gasteiger partial charge in [0.25, 0.3) is 0 Å². The Kier molecular flexibility index (Phi) is 7.74. The van der Waals surface area contributed by atoms with E-state index in [2.05, 4.69) is 4.57 Å². The molecule has 1 aromatic rings. The molecule has 0 aromatic carbocycles. The predicted molar refractivity (Wildman–Crippen MR) is 48.3 cm³/mol. The van der Waals surface area contributed by atoms with Crippen molar-refractivity contribution in [3.8, 4) is 0 Å². The Morgan fingerprint density at radius 2 is 2.07 bits per heavy atom. The number of aromatic nitrogens is 2. The molecule has 0 radical (unpaired) electrons. The minimum atomic E-state index is 0. The van der Waals surface area contributed by atoms with Gasteiger partial charge in [-0.05, 0) is 0 Å². The molecule has 0 saturated heterocycles. The van der Waals surface area contributed by atoms with Gasteiger partial charge in [0.15, 0.2) is 0 Å². The van der Waals surface area contributed by atoms with E-state index < -0.39 is 0 Å². The van der Waals surface area contributed by atoms with Crippen LogP contribution in [0.5, 0.6) is 0 Å². The van der Waals surface area contributed by atoms with E-state index in [-0.39, 0.29) is 17.0 Å². The summed E-state index contributed by atoms with van der Waals surface area (Å²) in [4.78, 5) is 0. The Bertz CT molecular complexity index is 240. The molecular formula is C9H17BrN2O2. The number of halogens is 1. The van der Waals surface area contributed by atoms with Crippen molar-refractivity contribution in [2.45, 2.75) is 6.54 Å². The monoisotopic (exact) mass is 264 g/mol. The van der Waals surface area contributed by atoms with Crippen LogP contribution < -0.4 is 21.5 Å². The molecule has 0 saturated carbocycles. The van der Waals surface area contributed by atoms with Gasteiger partial charge < -0.3 is 26.5 Å². The van der Waals surface area contributed by atoms with Gasteiger partial charge >= 0.3 is 0 Å². The average molecular weight is 265 g/mol. The molecule has 0 bridgehead atoms. The van der Waals surface area contributed by atoms with E-state index >= 15 is 0 Å². The Hall–Kier alpha value is -0.390. The van der Waals surface area contributed by atoms with E-state index in [0.717, 1.165) is 13.2 Å². The van der Waals surface area contributed by atoms with E-state index in [9.17, 15) is 0 Å². The van der Waals surface area contributed by atoms with Crippen molar-refractivity contribution < 1.29 is 31.0 Å². The van der Waals surface area contributed by atoms with Gasteiger partial charge in [-0.3, -0.25) is 0 Å². The van der Waals surface area contributed by atoms with Crippen LogP contribution in [0.15, 0.2) is 18.7 Å². The lowest BCUT2D eigenvalue weighted by atomic mass is 10.6. The number of nitrogens with zero attached hydrogens (tertiary/aromatic N) is 2. The average Bonchev–Trinajstić information content (AvgIpc) is 2.51. The lowest BCUT2D eigenvalue weighted by molar-refractivity contribution is -0.671. The van der Waals surface area contributed by atoms with Crippen molar-refractivity contribution in [1.82, 2.24) is 4.57 Å². The predicted octanol–water partition coefficient (Wildman–Crippen LogP) is -3.02. The normalized spacial score (nSPS) is 9.86. The zero-order valence-electron chi connectivity index (χ0n) is 8.65. The van der Waals surface area contributed by atoms with Gasteiger partial charge in [0.1, 0.15) is 18.9 Å². The van der Waals surface area contributed by atoms with Crippen LogP contribution in [-0.4, -0.2) is 31.5 Å². The highest BCUT2D eigenvalue weighted by molar-refractivity contribution is 4.65.